The topological polar surface area (TPSA) is 116 Å². The van der Waals surface area contributed by atoms with Crippen LogP contribution >= 0.6 is 0 Å². The summed E-state index contributed by atoms with van der Waals surface area (Å²) >= 11 is 0. The summed E-state index contributed by atoms with van der Waals surface area (Å²) in [6.45, 7) is 22.2. The average molecular weight is 927 g/mol. The van der Waals surface area contributed by atoms with Crippen LogP contribution in [0.4, 0.5) is 47.3 Å². The number of benzene rings is 2. The van der Waals surface area contributed by atoms with Crippen molar-refractivity contribution in [2.75, 3.05) is 115 Å². The van der Waals surface area contributed by atoms with E-state index >= 15 is 0 Å². The normalized spacial score (nSPS) is 23.8. The van der Waals surface area contributed by atoms with Crippen LogP contribution in [0.5, 0.6) is 0 Å². The maximum atomic E-state index is 13.9. The van der Waals surface area contributed by atoms with Gasteiger partial charge in [0.05, 0.1) is 37.6 Å². The van der Waals surface area contributed by atoms with Gasteiger partial charge in [-0.15, -0.1) is 0 Å². The lowest BCUT2D eigenvalue weighted by Gasteiger charge is -2.30. The number of morpholine rings is 2. The van der Waals surface area contributed by atoms with Gasteiger partial charge in [-0.3, -0.25) is 9.69 Å². The molecule has 6 fully saturated rings. The maximum absolute atomic E-state index is 13.9. The predicted molar refractivity (Wildman–Crippen MR) is 232 cm³/mol. The highest BCUT2D eigenvalue weighted by molar-refractivity contribution is 5.79. The largest absolute Gasteiger partial charge is 0.444 e. The number of anilines is 2. The zero-order chi connectivity index (χ0) is 47.3. The molecule has 4 unspecified atom stereocenters. The Balaban J connectivity index is 0.000000178. The molecule has 0 bridgehead atoms. The number of alkyl halides is 6. The smallest absolute Gasteiger partial charge is 0.417 e. The summed E-state index contributed by atoms with van der Waals surface area (Å²) in [7, 11) is 0. The van der Waals surface area contributed by atoms with Crippen molar-refractivity contribution in [3.8, 4) is 0 Å². The second-order valence-electron chi connectivity index (χ2n) is 19.6. The number of nitrogens with one attached hydrogen (secondary N) is 1. The summed E-state index contributed by atoms with van der Waals surface area (Å²) in [6.07, 6.45) is -9.15. The van der Waals surface area contributed by atoms with Crippen molar-refractivity contribution in [3.05, 3.63) is 58.7 Å². The van der Waals surface area contributed by atoms with Gasteiger partial charge in [0.15, 0.2) is 6.29 Å². The zero-order valence-electron chi connectivity index (χ0n) is 38.2. The van der Waals surface area contributed by atoms with Crippen molar-refractivity contribution in [1.29, 1.82) is 0 Å². The average Bonchev–Trinajstić information content (AvgIpc) is 4.02. The van der Waals surface area contributed by atoms with Gasteiger partial charge >= 0.3 is 24.5 Å². The number of halogens is 6. The molecule has 6 aliphatic rings. The first kappa shape index (κ1) is 50.1. The summed E-state index contributed by atoms with van der Waals surface area (Å²) in [5.74, 6) is 1.81. The molecule has 65 heavy (non-hydrogen) atoms. The van der Waals surface area contributed by atoms with E-state index in [-0.39, 0.29) is 48.0 Å². The quantitative estimate of drug-likeness (QED) is 0.241. The van der Waals surface area contributed by atoms with E-state index in [1.54, 1.807) is 17.0 Å². The fourth-order valence-corrected chi connectivity index (χ4v) is 9.16. The Bertz CT molecular complexity index is 1920. The van der Waals surface area contributed by atoms with E-state index in [4.69, 9.17) is 18.9 Å². The number of hydrogen-bond acceptors (Lipinski definition) is 11. The molecule has 0 spiro atoms. The number of aldehydes is 1. The molecule has 2 aromatic rings. The van der Waals surface area contributed by atoms with Gasteiger partial charge in [-0.1, -0.05) is 6.07 Å². The third-order valence-corrected chi connectivity index (χ3v) is 12.3. The lowest BCUT2D eigenvalue weighted by molar-refractivity contribution is -0.139. The number of ether oxygens (including phenoxy) is 4. The van der Waals surface area contributed by atoms with Crippen LogP contribution in [-0.4, -0.2) is 149 Å². The molecule has 0 saturated carbocycles. The van der Waals surface area contributed by atoms with Crippen molar-refractivity contribution >= 4 is 29.8 Å². The molecule has 0 aromatic heterocycles. The van der Waals surface area contributed by atoms with Crippen molar-refractivity contribution in [1.82, 2.24) is 20.0 Å². The second kappa shape index (κ2) is 20.7. The predicted octanol–water partition coefficient (Wildman–Crippen LogP) is 7.27. The first-order chi connectivity index (χ1) is 30.5. The number of rotatable bonds is 5. The number of carbonyl (C=O) groups is 3. The Morgan fingerprint density at radius 2 is 1.05 bits per heavy atom. The highest BCUT2D eigenvalue weighted by Gasteiger charge is 2.44. The molecule has 362 valence electrons. The number of carbonyl (C=O) groups excluding carboxylic acids is 3. The van der Waals surface area contributed by atoms with Gasteiger partial charge in [0.25, 0.3) is 0 Å². The fraction of sp³-hybridized carbons (Fsp3) is 0.674. The van der Waals surface area contributed by atoms with Crippen LogP contribution in [0.2, 0.25) is 0 Å². The van der Waals surface area contributed by atoms with E-state index in [1.165, 1.54) is 18.2 Å². The second-order valence-corrected chi connectivity index (χ2v) is 19.6. The van der Waals surface area contributed by atoms with E-state index in [0.29, 0.717) is 108 Å². The van der Waals surface area contributed by atoms with E-state index in [1.807, 2.05) is 56.2 Å². The molecule has 6 aliphatic heterocycles. The maximum Gasteiger partial charge on any atom is 0.417 e. The molecule has 4 atom stereocenters. The lowest BCUT2D eigenvalue weighted by Crippen LogP contribution is -2.37. The Labute approximate surface area is 377 Å². The fourth-order valence-electron chi connectivity index (χ4n) is 9.16. The minimum absolute atomic E-state index is 0.156. The Morgan fingerprint density at radius 3 is 1.46 bits per heavy atom. The van der Waals surface area contributed by atoms with Crippen LogP contribution in [0.3, 0.4) is 0 Å². The van der Waals surface area contributed by atoms with Crippen LogP contribution in [-0.2, 0) is 37.8 Å². The van der Waals surface area contributed by atoms with E-state index in [0.717, 1.165) is 32.2 Å². The molecule has 0 radical (unpaired) electrons. The van der Waals surface area contributed by atoms with E-state index in [2.05, 4.69) is 10.2 Å². The monoisotopic (exact) mass is 926 g/mol. The number of amides is 2. The van der Waals surface area contributed by atoms with Gasteiger partial charge in [-0.05, 0) is 101 Å². The zero-order valence-corrected chi connectivity index (χ0v) is 38.2. The third-order valence-electron chi connectivity index (χ3n) is 12.3. The molecule has 1 N–H and O–H groups in total. The molecule has 0 aliphatic carbocycles. The lowest BCUT2D eigenvalue weighted by atomic mass is 10.0. The van der Waals surface area contributed by atoms with Crippen molar-refractivity contribution < 1.29 is 59.7 Å². The molecule has 19 heteroatoms. The minimum atomic E-state index is -4.52. The highest BCUT2D eigenvalue weighted by atomic mass is 19.4. The van der Waals surface area contributed by atoms with Gasteiger partial charge in [0, 0.05) is 102 Å². The van der Waals surface area contributed by atoms with Gasteiger partial charge < -0.3 is 43.9 Å². The van der Waals surface area contributed by atoms with Crippen LogP contribution in [0, 0.1) is 23.7 Å². The van der Waals surface area contributed by atoms with Gasteiger partial charge in [0.2, 0.25) is 0 Å². The molecular formula is C46H64F6N6O7. The highest BCUT2D eigenvalue weighted by Crippen LogP contribution is 2.39. The number of nitrogens with zero attached hydrogens (tertiary/aromatic N) is 5. The first-order valence-electron chi connectivity index (χ1n) is 22.4. The van der Waals surface area contributed by atoms with Crippen LogP contribution in [0.1, 0.15) is 68.6 Å². The standard InChI is InChI=1S/C23H32F3N3O3.C12H12F3NO2.C11H20N2O2/c1-22(2,3)32-21(30)29-14-17-12-27(13-18(17)15-29)11-16-4-5-19(10-20(16)23(24,25)26)28-6-8-31-9-7-28;13-12(14,15)11-7-10(2-1-9(11)8-17)16-3-5-18-6-4-16;1-11(2,3)15-10(14)13-6-8-4-12-5-9(8)7-13/h4-5,10,17-18H,6-9,11-15H2,1-3H3;1-2,7-8H,3-6H2;8-9,12H,4-7H2,1-3H3. The molecule has 6 heterocycles. The van der Waals surface area contributed by atoms with E-state index in [9.17, 15) is 40.7 Å². The minimum Gasteiger partial charge on any atom is -0.444 e. The number of hydrogen-bond donors (Lipinski definition) is 1. The van der Waals surface area contributed by atoms with Gasteiger partial charge in [-0.25, -0.2) is 9.59 Å². The van der Waals surface area contributed by atoms with Gasteiger partial charge in [-0.2, -0.15) is 26.3 Å². The SMILES string of the molecule is CC(C)(C)OC(=O)N1CC2CN(Cc3ccc(N4CCOCC4)cc3C(F)(F)F)CC2C1.CC(C)(C)OC(=O)N1CC2CNCC2C1.O=Cc1ccc(N2CCOCC2)cc1C(F)(F)F. The molecule has 13 nitrogen and oxygen atoms in total. The molecule has 8 rings (SSSR count). The first-order valence-corrected chi connectivity index (χ1v) is 22.4. The summed E-state index contributed by atoms with van der Waals surface area (Å²) in [5, 5.41) is 3.35. The summed E-state index contributed by atoms with van der Waals surface area (Å²) in [4.78, 5) is 44.2. The van der Waals surface area contributed by atoms with Crippen LogP contribution in [0.15, 0.2) is 36.4 Å². The summed E-state index contributed by atoms with van der Waals surface area (Å²) in [6, 6.07) is 8.45. The summed E-state index contributed by atoms with van der Waals surface area (Å²) in [5.41, 5.74) is -1.34. The summed E-state index contributed by atoms with van der Waals surface area (Å²) < 4.78 is 101. The Morgan fingerprint density at radius 1 is 0.631 bits per heavy atom. The number of likely N-dealkylation sites (tertiary alicyclic amines) is 3. The number of fused-ring (bicyclic) bond motifs is 2. The van der Waals surface area contributed by atoms with Crippen LogP contribution < -0.4 is 15.1 Å². The third kappa shape index (κ3) is 13.9. The van der Waals surface area contributed by atoms with Gasteiger partial charge in [0.1, 0.15) is 11.2 Å². The van der Waals surface area contributed by atoms with Crippen LogP contribution in [0.25, 0.3) is 0 Å². The molecule has 6 saturated heterocycles. The van der Waals surface area contributed by atoms with Crippen molar-refractivity contribution in [3.63, 3.8) is 0 Å². The van der Waals surface area contributed by atoms with Crippen molar-refractivity contribution in [2.45, 2.75) is 71.6 Å². The molecule has 2 aromatic carbocycles. The Kier molecular flexibility index (Phi) is 15.9. The molecular weight excluding hydrogens is 863 g/mol. The van der Waals surface area contributed by atoms with E-state index < -0.39 is 29.1 Å². The Hall–Kier alpha value is -4.33. The molecule has 2 amide bonds. The van der Waals surface area contributed by atoms with Crippen molar-refractivity contribution in [2.24, 2.45) is 23.7 Å².